The van der Waals surface area contributed by atoms with E-state index >= 15 is 0 Å². The fraction of sp³-hybridized carbons (Fsp3) is 0.500. The lowest BCUT2D eigenvalue weighted by Crippen LogP contribution is -2.13. The Kier molecular flexibility index (Phi) is 4.74. The van der Waals surface area contributed by atoms with Crippen LogP contribution in [-0.4, -0.2) is 0 Å². The molecule has 0 aromatic heterocycles. The van der Waals surface area contributed by atoms with Gasteiger partial charge in [-0.05, 0) is 83.0 Å². The zero-order valence-electron chi connectivity index (χ0n) is 17.3. The zero-order chi connectivity index (χ0) is 18.4. The molecule has 0 N–H and O–H groups in total. The first-order valence-corrected chi connectivity index (χ1v) is 9.06. The van der Waals surface area contributed by atoms with Crippen molar-refractivity contribution in [2.24, 2.45) is 0 Å². The second-order valence-electron chi connectivity index (χ2n) is 9.43. The lowest BCUT2D eigenvalue weighted by molar-refractivity contribution is 0.588. The summed E-state index contributed by atoms with van der Waals surface area (Å²) in [4.78, 5) is 0. The fourth-order valence-corrected chi connectivity index (χ4v) is 3.14. The molecule has 0 spiro atoms. The van der Waals surface area contributed by atoms with Crippen molar-refractivity contribution < 1.29 is 0 Å². The van der Waals surface area contributed by atoms with Gasteiger partial charge >= 0.3 is 0 Å². The van der Waals surface area contributed by atoms with Crippen LogP contribution in [0.5, 0.6) is 0 Å². The van der Waals surface area contributed by atoms with Crippen molar-refractivity contribution in [1.29, 1.82) is 0 Å². The minimum Gasteiger partial charge on any atom is -0.0561 e. The quantitative estimate of drug-likeness (QED) is 0.521. The molecular formula is C24H34. The van der Waals surface area contributed by atoms with Crippen LogP contribution in [-0.2, 0) is 10.8 Å². The fourth-order valence-electron chi connectivity index (χ4n) is 3.14. The van der Waals surface area contributed by atoms with Gasteiger partial charge in [0, 0.05) is 0 Å². The molecule has 2 rings (SSSR count). The third-order valence-corrected chi connectivity index (χ3v) is 5.36. The van der Waals surface area contributed by atoms with Crippen molar-refractivity contribution in [2.75, 3.05) is 0 Å². The van der Waals surface area contributed by atoms with Crippen LogP contribution in [0.4, 0.5) is 0 Å². The Labute approximate surface area is 149 Å². The van der Waals surface area contributed by atoms with Gasteiger partial charge in [0.1, 0.15) is 0 Å². The molecule has 2 aromatic rings. The summed E-state index contributed by atoms with van der Waals surface area (Å²) >= 11 is 0. The molecule has 0 saturated carbocycles. The second kappa shape index (κ2) is 6.06. The molecule has 0 saturated heterocycles. The second-order valence-corrected chi connectivity index (χ2v) is 9.43. The number of hydrogen-bond acceptors (Lipinski definition) is 0. The topological polar surface area (TPSA) is 0 Å². The summed E-state index contributed by atoms with van der Waals surface area (Å²) < 4.78 is 0. The van der Waals surface area contributed by atoms with Gasteiger partial charge in [-0.2, -0.15) is 0 Å². The van der Waals surface area contributed by atoms with Crippen molar-refractivity contribution in [3.8, 4) is 11.1 Å². The lowest BCUT2D eigenvalue weighted by atomic mass is 9.79. The van der Waals surface area contributed by atoms with Crippen LogP contribution in [0, 0.1) is 27.7 Å². The molecule has 0 heterocycles. The molecule has 0 nitrogen and oxygen atoms in total. The van der Waals surface area contributed by atoms with Crippen LogP contribution in [0.15, 0.2) is 24.3 Å². The van der Waals surface area contributed by atoms with Crippen molar-refractivity contribution in [3.05, 3.63) is 57.6 Å². The van der Waals surface area contributed by atoms with Crippen molar-refractivity contribution in [1.82, 2.24) is 0 Å². The van der Waals surface area contributed by atoms with E-state index in [0.717, 1.165) is 0 Å². The Morgan fingerprint density at radius 3 is 1.04 bits per heavy atom. The summed E-state index contributed by atoms with van der Waals surface area (Å²) in [6.07, 6.45) is 0. The highest BCUT2D eigenvalue weighted by molar-refractivity contribution is 5.74. The van der Waals surface area contributed by atoms with Gasteiger partial charge in [-0.15, -0.1) is 0 Å². The number of rotatable bonds is 1. The molecule has 0 fully saturated rings. The van der Waals surface area contributed by atoms with Crippen LogP contribution in [0.2, 0.25) is 0 Å². The minimum atomic E-state index is 0.164. The van der Waals surface area contributed by atoms with E-state index < -0.39 is 0 Å². The average molecular weight is 323 g/mol. The first-order chi connectivity index (χ1) is 10.8. The Hall–Kier alpha value is -1.56. The zero-order valence-corrected chi connectivity index (χ0v) is 17.3. The van der Waals surface area contributed by atoms with E-state index in [-0.39, 0.29) is 10.8 Å². The van der Waals surface area contributed by atoms with Crippen molar-refractivity contribution in [3.63, 3.8) is 0 Å². The average Bonchev–Trinajstić information content (AvgIpc) is 2.42. The molecule has 130 valence electrons. The minimum absolute atomic E-state index is 0.164. The molecule has 0 aliphatic carbocycles. The maximum atomic E-state index is 2.41. The first-order valence-electron chi connectivity index (χ1n) is 9.06. The third kappa shape index (κ3) is 3.58. The van der Waals surface area contributed by atoms with Crippen LogP contribution in [0.1, 0.15) is 74.9 Å². The van der Waals surface area contributed by atoms with E-state index in [2.05, 4.69) is 93.5 Å². The van der Waals surface area contributed by atoms with Gasteiger partial charge < -0.3 is 0 Å². The molecule has 0 unspecified atom stereocenters. The van der Waals surface area contributed by atoms with Crippen LogP contribution < -0.4 is 0 Å². The van der Waals surface area contributed by atoms with Crippen molar-refractivity contribution in [2.45, 2.75) is 80.1 Å². The SMILES string of the molecule is Cc1cc(C(C)(C)C)cc(-c2cc(C(C)(C)C)cc(C)c2C)c1C. The molecule has 0 bridgehead atoms. The summed E-state index contributed by atoms with van der Waals surface area (Å²) in [6.45, 7) is 22.8. The van der Waals surface area contributed by atoms with E-state index in [4.69, 9.17) is 0 Å². The standard InChI is InChI=1S/C24H34/c1-15-11-19(23(5,6)7)13-21(17(15)3)22-14-20(24(8,9)10)12-16(2)18(22)4/h11-14H,1-10H3. The van der Waals surface area contributed by atoms with Gasteiger partial charge in [0.2, 0.25) is 0 Å². The largest absolute Gasteiger partial charge is 0.0561 e. The van der Waals surface area contributed by atoms with Gasteiger partial charge in [-0.25, -0.2) is 0 Å². The molecule has 2 aromatic carbocycles. The smallest absolute Gasteiger partial charge is 0.0132 e. The maximum Gasteiger partial charge on any atom is -0.0132 e. The lowest BCUT2D eigenvalue weighted by Gasteiger charge is -2.26. The number of aryl methyl sites for hydroxylation is 2. The highest BCUT2D eigenvalue weighted by Gasteiger charge is 2.20. The summed E-state index contributed by atoms with van der Waals surface area (Å²) in [5.41, 5.74) is 11.5. The van der Waals surface area contributed by atoms with Gasteiger partial charge in [-0.3, -0.25) is 0 Å². The maximum absolute atomic E-state index is 2.41. The molecule has 0 heteroatoms. The number of hydrogen-bond donors (Lipinski definition) is 0. The van der Waals surface area contributed by atoms with Gasteiger partial charge in [0.25, 0.3) is 0 Å². The molecular weight excluding hydrogens is 288 g/mol. The summed E-state index contributed by atoms with van der Waals surface area (Å²) in [5, 5.41) is 0. The van der Waals surface area contributed by atoms with Crippen LogP contribution in [0.25, 0.3) is 11.1 Å². The van der Waals surface area contributed by atoms with Gasteiger partial charge in [0.05, 0.1) is 0 Å². The van der Waals surface area contributed by atoms with Crippen molar-refractivity contribution >= 4 is 0 Å². The molecule has 0 amide bonds. The van der Waals surface area contributed by atoms with E-state index in [1.807, 2.05) is 0 Å². The molecule has 0 radical (unpaired) electrons. The monoisotopic (exact) mass is 322 g/mol. The highest BCUT2D eigenvalue weighted by atomic mass is 14.2. The van der Waals surface area contributed by atoms with E-state index in [0.29, 0.717) is 0 Å². The summed E-state index contributed by atoms with van der Waals surface area (Å²) in [5.74, 6) is 0. The van der Waals surface area contributed by atoms with Gasteiger partial charge in [0.15, 0.2) is 0 Å². The summed E-state index contributed by atoms with van der Waals surface area (Å²) in [7, 11) is 0. The van der Waals surface area contributed by atoms with E-state index in [1.54, 1.807) is 0 Å². The summed E-state index contributed by atoms with van der Waals surface area (Å²) in [6, 6.07) is 9.54. The number of benzene rings is 2. The van der Waals surface area contributed by atoms with Gasteiger partial charge in [-0.1, -0.05) is 65.8 Å². The predicted molar refractivity (Wildman–Crippen MR) is 108 cm³/mol. The normalized spacial score (nSPS) is 12.6. The van der Waals surface area contributed by atoms with E-state index in [1.165, 1.54) is 44.5 Å². The first kappa shape index (κ1) is 18.8. The Bertz CT molecular complexity index is 695. The third-order valence-electron chi connectivity index (χ3n) is 5.36. The highest BCUT2D eigenvalue weighted by Crippen LogP contribution is 2.37. The Morgan fingerprint density at radius 1 is 0.500 bits per heavy atom. The molecule has 0 atom stereocenters. The van der Waals surface area contributed by atoms with Crippen LogP contribution >= 0.6 is 0 Å². The van der Waals surface area contributed by atoms with Crippen LogP contribution in [0.3, 0.4) is 0 Å². The Morgan fingerprint density at radius 2 is 0.792 bits per heavy atom. The molecule has 24 heavy (non-hydrogen) atoms. The Balaban J connectivity index is 2.81. The molecule has 0 aliphatic heterocycles. The van der Waals surface area contributed by atoms with E-state index in [9.17, 15) is 0 Å². The predicted octanol–water partition coefficient (Wildman–Crippen LogP) is 7.18. The molecule has 0 aliphatic rings.